The summed E-state index contributed by atoms with van der Waals surface area (Å²) >= 11 is 5.92. The molecule has 0 spiro atoms. The van der Waals surface area contributed by atoms with Crippen molar-refractivity contribution in [1.82, 2.24) is 5.43 Å². The van der Waals surface area contributed by atoms with Gasteiger partial charge in [0, 0.05) is 10.6 Å². The molecule has 126 valence electrons. The molecule has 0 bridgehead atoms. The summed E-state index contributed by atoms with van der Waals surface area (Å²) in [5.41, 5.74) is 3.39. The van der Waals surface area contributed by atoms with Gasteiger partial charge in [-0.1, -0.05) is 17.7 Å². The van der Waals surface area contributed by atoms with Crippen molar-refractivity contribution in [2.75, 3.05) is 21.3 Å². The lowest BCUT2D eigenvalue weighted by atomic mass is 10.2. The van der Waals surface area contributed by atoms with Crippen LogP contribution in [0.4, 0.5) is 0 Å². The number of benzene rings is 2. The van der Waals surface area contributed by atoms with E-state index in [4.69, 9.17) is 25.8 Å². The molecule has 0 aromatic heterocycles. The second kappa shape index (κ2) is 8.21. The van der Waals surface area contributed by atoms with Crippen LogP contribution in [0.5, 0.6) is 17.2 Å². The van der Waals surface area contributed by atoms with Gasteiger partial charge in [-0.15, -0.1) is 0 Å². The van der Waals surface area contributed by atoms with Gasteiger partial charge in [0.15, 0.2) is 11.5 Å². The van der Waals surface area contributed by atoms with Crippen LogP contribution in [0.1, 0.15) is 15.9 Å². The minimum atomic E-state index is -0.438. The number of methoxy groups -OCH3 is 3. The summed E-state index contributed by atoms with van der Waals surface area (Å²) in [6.07, 6.45) is 1.47. The lowest BCUT2D eigenvalue weighted by Gasteiger charge is -2.10. The third-order valence-corrected chi connectivity index (χ3v) is 3.44. The third kappa shape index (κ3) is 3.97. The minimum absolute atomic E-state index is 0.291. The Morgan fingerprint density at radius 1 is 1.08 bits per heavy atom. The monoisotopic (exact) mass is 348 g/mol. The SMILES string of the molecule is COc1ccc(Cl)cc1C(=O)N/N=C/c1cccc(OC)c1OC. The van der Waals surface area contributed by atoms with Crippen LogP contribution in [-0.2, 0) is 0 Å². The number of amides is 1. The van der Waals surface area contributed by atoms with Gasteiger partial charge in [0.2, 0.25) is 0 Å². The number of hydrogen-bond acceptors (Lipinski definition) is 5. The molecule has 0 aliphatic carbocycles. The quantitative estimate of drug-likeness (QED) is 0.643. The van der Waals surface area contributed by atoms with E-state index >= 15 is 0 Å². The van der Waals surface area contributed by atoms with Crippen LogP contribution < -0.4 is 19.6 Å². The van der Waals surface area contributed by atoms with E-state index in [1.165, 1.54) is 26.5 Å². The van der Waals surface area contributed by atoms with Gasteiger partial charge in [-0.05, 0) is 30.3 Å². The Balaban J connectivity index is 2.18. The highest BCUT2D eigenvalue weighted by Gasteiger charge is 2.12. The number of halogens is 1. The molecule has 24 heavy (non-hydrogen) atoms. The Morgan fingerprint density at radius 2 is 1.83 bits per heavy atom. The van der Waals surface area contributed by atoms with E-state index in [9.17, 15) is 4.79 Å². The molecule has 0 saturated heterocycles. The van der Waals surface area contributed by atoms with Crippen LogP contribution in [0.15, 0.2) is 41.5 Å². The molecule has 0 heterocycles. The van der Waals surface area contributed by atoms with E-state index in [0.29, 0.717) is 33.4 Å². The number of nitrogens with one attached hydrogen (secondary N) is 1. The fourth-order valence-electron chi connectivity index (χ4n) is 2.09. The summed E-state index contributed by atoms with van der Waals surface area (Å²) in [6.45, 7) is 0. The van der Waals surface area contributed by atoms with E-state index in [1.54, 1.807) is 37.4 Å². The Hall–Kier alpha value is -2.73. The van der Waals surface area contributed by atoms with Gasteiger partial charge in [-0.25, -0.2) is 5.43 Å². The predicted octanol–water partition coefficient (Wildman–Crippen LogP) is 3.13. The molecule has 0 aliphatic rings. The van der Waals surface area contributed by atoms with Crippen molar-refractivity contribution in [3.63, 3.8) is 0 Å². The highest BCUT2D eigenvalue weighted by molar-refractivity contribution is 6.31. The zero-order valence-corrected chi connectivity index (χ0v) is 14.3. The number of rotatable bonds is 6. The van der Waals surface area contributed by atoms with E-state index < -0.39 is 5.91 Å². The Kier molecular flexibility index (Phi) is 6.03. The van der Waals surface area contributed by atoms with Gasteiger partial charge in [0.1, 0.15) is 5.75 Å². The van der Waals surface area contributed by atoms with Crippen LogP contribution in [0.3, 0.4) is 0 Å². The first-order valence-corrected chi connectivity index (χ1v) is 7.36. The Morgan fingerprint density at radius 3 is 2.50 bits per heavy atom. The average Bonchev–Trinajstić information content (AvgIpc) is 2.61. The Labute approximate surface area is 145 Å². The highest BCUT2D eigenvalue weighted by Crippen LogP contribution is 2.29. The summed E-state index contributed by atoms with van der Waals surface area (Å²) < 4.78 is 15.7. The van der Waals surface area contributed by atoms with Crippen molar-refractivity contribution in [2.24, 2.45) is 5.10 Å². The van der Waals surface area contributed by atoms with Crippen LogP contribution in [-0.4, -0.2) is 33.5 Å². The number of nitrogens with zero attached hydrogens (tertiary/aromatic N) is 1. The molecule has 0 saturated carbocycles. The van der Waals surface area contributed by atoms with Crippen molar-refractivity contribution in [1.29, 1.82) is 0 Å². The highest BCUT2D eigenvalue weighted by atomic mass is 35.5. The van der Waals surface area contributed by atoms with Gasteiger partial charge < -0.3 is 14.2 Å². The molecule has 2 aromatic rings. The van der Waals surface area contributed by atoms with Crippen LogP contribution in [0.2, 0.25) is 5.02 Å². The predicted molar refractivity (Wildman–Crippen MR) is 92.6 cm³/mol. The number of hydrazone groups is 1. The second-order valence-electron chi connectivity index (χ2n) is 4.63. The van der Waals surface area contributed by atoms with Gasteiger partial charge in [0.05, 0.1) is 33.1 Å². The fourth-order valence-corrected chi connectivity index (χ4v) is 2.26. The summed E-state index contributed by atoms with van der Waals surface area (Å²) in [5.74, 6) is 1.07. The van der Waals surface area contributed by atoms with Crippen molar-refractivity contribution >= 4 is 23.7 Å². The molecule has 7 heteroatoms. The number of hydrogen-bond donors (Lipinski definition) is 1. The number of carbonyl (C=O) groups is 1. The van der Waals surface area contributed by atoms with E-state index in [0.717, 1.165) is 0 Å². The number of carbonyl (C=O) groups excluding carboxylic acids is 1. The normalized spacial score (nSPS) is 10.5. The molecule has 0 radical (unpaired) electrons. The summed E-state index contributed by atoms with van der Waals surface area (Å²) in [4.78, 5) is 12.2. The first kappa shape index (κ1) is 17.6. The summed E-state index contributed by atoms with van der Waals surface area (Å²) in [7, 11) is 4.56. The first-order valence-electron chi connectivity index (χ1n) is 6.98. The maximum Gasteiger partial charge on any atom is 0.275 e. The summed E-state index contributed by atoms with van der Waals surface area (Å²) in [6, 6.07) is 10.1. The molecule has 1 amide bonds. The van der Waals surface area contributed by atoms with Crippen molar-refractivity contribution < 1.29 is 19.0 Å². The molecule has 2 aromatic carbocycles. The minimum Gasteiger partial charge on any atom is -0.496 e. The lowest BCUT2D eigenvalue weighted by Crippen LogP contribution is -2.18. The fraction of sp³-hybridized carbons (Fsp3) is 0.176. The molecule has 0 atom stereocenters. The largest absolute Gasteiger partial charge is 0.496 e. The topological polar surface area (TPSA) is 69.2 Å². The van der Waals surface area contributed by atoms with Crippen LogP contribution >= 0.6 is 11.6 Å². The maximum atomic E-state index is 12.2. The molecule has 0 unspecified atom stereocenters. The number of para-hydroxylation sites is 1. The van der Waals surface area contributed by atoms with E-state index in [-0.39, 0.29) is 0 Å². The molecule has 1 N–H and O–H groups in total. The molecule has 2 rings (SSSR count). The summed E-state index contributed by atoms with van der Waals surface area (Å²) in [5, 5.41) is 4.38. The second-order valence-corrected chi connectivity index (χ2v) is 5.06. The third-order valence-electron chi connectivity index (χ3n) is 3.21. The van der Waals surface area contributed by atoms with Gasteiger partial charge in [0.25, 0.3) is 5.91 Å². The molecule has 0 fully saturated rings. The van der Waals surface area contributed by atoms with Crippen molar-refractivity contribution in [2.45, 2.75) is 0 Å². The molecule has 6 nitrogen and oxygen atoms in total. The zero-order valence-electron chi connectivity index (χ0n) is 13.5. The molecular weight excluding hydrogens is 332 g/mol. The van der Waals surface area contributed by atoms with Crippen molar-refractivity contribution in [3.05, 3.63) is 52.5 Å². The lowest BCUT2D eigenvalue weighted by molar-refractivity contribution is 0.0952. The van der Waals surface area contributed by atoms with Crippen LogP contribution in [0, 0.1) is 0 Å². The van der Waals surface area contributed by atoms with E-state index in [1.807, 2.05) is 0 Å². The molecular formula is C17H17ClN2O4. The van der Waals surface area contributed by atoms with Gasteiger partial charge in [-0.2, -0.15) is 5.10 Å². The average molecular weight is 349 g/mol. The van der Waals surface area contributed by atoms with Crippen molar-refractivity contribution in [3.8, 4) is 17.2 Å². The standard InChI is InChI=1S/C17H17ClN2O4/c1-22-14-8-7-12(18)9-13(14)17(21)20-19-10-11-5-4-6-15(23-2)16(11)24-3/h4-10H,1-3H3,(H,20,21)/b19-10+. The smallest absolute Gasteiger partial charge is 0.275 e. The van der Waals surface area contributed by atoms with Crippen LogP contribution in [0.25, 0.3) is 0 Å². The maximum absolute atomic E-state index is 12.2. The first-order chi connectivity index (χ1) is 11.6. The van der Waals surface area contributed by atoms with E-state index in [2.05, 4.69) is 10.5 Å². The van der Waals surface area contributed by atoms with Gasteiger partial charge in [-0.3, -0.25) is 4.79 Å². The number of ether oxygens (including phenoxy) is 3. The molecule has 0 aliphatic heterocycles. The van der Waals surface area contributed by atoms with Gasteiger partial charge >= 0.3 is 0 Å². The Bertz CT molecular complexity index is 762. The zero-order chi connectivity index (χ0) is 17.5.